The van der Waals surface area contributed by atoms with Crippen molar-refractivity contribution < 1.29 is 9.90 Å². The van der Waals surface area contributed by atoms with Gasteiger partial charge in [0.25, 0.3) is 5.91 Å². The number of benzene rings is 1. The van der Waals surface area contributed by atoms with Crippen molar-refractivity contribution in [3.63, 3.8) is 0 Å². The van der Waals surface area contributed by atoms with Gasteiger partial charge in [-0.15, -0.1) is 0 Å². The second kappa shape index (κ2) is 8.99. The number of aromatic nitrogens is 2. The van der Waals surface area contributed by atoms with Crippen molar-refractivity contribution in [2.45, 2.75) is 65.0 Å². The minimum absolute atomic E-state index is 0.124. The lowest BCUT2D eigenvalue weighted by Crippen LogP contribution is -2.32. The van der Waals surface area contributed by atoms with Crippen LogP contribution in [0.2, 0.25) is 0 Å². The molecule has 2 rings (SSSR count). The van der Waals surface area contributed by atoms with E-state index in [2.05, 4.69) is 38.1 Å². The lowest BCUT2D eigenvalue weighted by molar-refractivity contribution is 0.0905. The minimum atomic E-state index is -0.430. The van der Waals surface area contributed by atoms with E-state index in [-0.39, 0.29) is 17.9 Å². The van der Waals surface area contributed by atoms with Gasteiger partial charge < -0.3 is 10.4 Å². The van der Waals surface area contributed by atoms with E-state index in [4.69, 9.17) is 0 Å². The van der Waals surface area contributed by atoms with E-state index in [1.165, 1.54) is 0 Å². The van der Waals surface area contributed by atoms with Gasteiger partial charge in [-0.3, -0.25) is 9.48 Å². The lowest BCUT2D eigenvalue weighted by Gasteiger charge is -2.17. The Kier molecular flexibility index (Phi) is 6.98. The highest BCUT2D eigenvalue weighted by molar-refractivity contribution is 5.93. The van der Waals surface area contributed by atoms with Crippen LogP contribution in [0.15, 0.2) is 36.4 Å². The fourth-order valence-corrected chi connectivity index (χ4v) is 2.80. The summed E-state index contributed by atoms with van der Waals surface area (Å²) in [5.41, 5.74) is 2.22. The predicted molar refractivity (Wildman–Crippen MR) is 104 cm³/mol. The molecular weight excluding hydrogens is 326 g/mol. The fraction of sp³-hybridized carbons (Fsp3) is 0.524. The van der Waals surface area contributed by atoms with Gasteiger partial charge in [0.15, 0.2) is 0 Å². The molecule has 5 nitrogen and oxygen atoms in total. The molecule has 0 fully saturated rings. The van der Waals surface area contributed by atoms with Crippen LogP contribution in [0.3, 0.4) is 0 Å². The van der Waals surface area contributed by atoms with Crippen molar-refractivity contribution in [2.75, 3.05) is 6.61 Å². The highest BCUT2D eigenvalue weighted by Crippen LogP contribution is 2.23. The number of hydrogen-bond donors (Lipinski definition) is 2. The molecule has 1 atom stereocenters. The van der Waals surface area contributed by atoms with Crippen LogP contribution >= 0.6 is 0 Å². The largest absolute Gasteiger partial charge is 0.394 e. The molecule has 142 valence electrons. The topological polar surface area (TPSA) is 67.2 Å². The predicted octanol–water partition coefficient (Wildman–Crippen LogP) is 3.83. The van der Waals surface area contributed by atoms with Crippen LogP contribution < -0.4 is 5.32 Å². The Balaban J connectivity index is 2.23. The Hall–Kier alpha value is -2.14. The Morgan fingerprint density at radius 2 is 1.92 bits per heavy atom. The summed E-state index contributed by atoms with van der Waals surface area (Å²) in [6, 6.07) is 11.0. The number of hydrogen-bond acceptors (Lipinski definition) is 3. The lowest BCUT2D eigenvalue weighted by atomic mass is 9.92. The number of aliphatic hydroxyl groups is 1. The molecule has 0 saturated carbocycles. The first kappa shape index (κ1) is 20.2. The van der Waals surface area contributed by atoms with Crippen molar-refractivity contribution in [1.29, 1.82) is 0 Å². The second-order valence-electron chi connectivity index (χ2n) is 7.71. The summed E-state index contributed by atoms with van der Waals surface area (Å²) in [7, 11) is 0. The molecule has 0 aliphatic carbocycles. The molecular formula is C21H31N3O2. The van der Waals surface area contributed by atoms with Crippen molar-refractivity contribution in [3.05, 3.63) is 53.3 Å². The van der Waals surface area contributed by atoms with Crippen molar-refractivity contribution in [2.24, 2.45) is 0 Å². The van der Waals surface area contributed by atoms with Gasteiger partial charge in [-0.25, -0.2) is 0 Å². The van der Waals surface area contributed by atoms with Crippen molar-refractivity contribution in [1.82, 2.24) is 15.1 Å². The number of carbonyl (C=O) groups excluding carboxylic acids is 1. The van der Waals surface area contributed by atoms with Crippen LogP contribution in [-0.4, -0.2) is 27.4 Å². The van der Waals surface area contributed by atoms with Crippen LogP contribution in [0.4, 0.5) is 0 Å². The average molecular weight is 357 g/mol. The third kappa shape index (κ3) is 5.18. The molecule has 1 heterocycles. The molecule has 0 radical (unpaired) electrons. The van der Waals surface area contributed by atoms with Crippen LogP contribution in [-0.2, 0) is 12.0 Å². The van der Waals surface area contributed by atoms with Gasteiger partial charge in [0.2, 0.25) is 0 Å². The summed E-state index contributed by atoms with van der Waals surface area (Å²) in [5, 5.41) is 17.3. The first-order valence-corrected chi connectivity index (χ1v) is 9.41. The van der Waals surface area contributed by atoms with Crippen LogP contribution in [0, 0.1) is 0 Å². The van der Waals surface area contributed by atoms with E-state index in [0.29, 0.717) is 5.69 Å². The number of aliphatic hydroxyl groups excluding tert-OH is 1. The molecule has 0 unspecified atom stereocenters. The summed E-state index contributed by atoms with van der Waals surface area (Å²) in [4.78, 5) is 12.9. The maximum absolute atomic E-state index is 12.9. The Morgan fingerprint density at radius 1 is 1.23 bits per heavy atom. The molecule has 0 aliphatic rings. The molecule has 2 aromatic rings. The van der Waals surface area contributed by atoms with Gasteiger partial charge in [-0.05, 0) is 18.1 Å². The van der Waals surface area contributed by atoms with E-state index in [9.17, 15) is 9.90 Å². The molecule has 1 aromatic heterocycles. The number of amides is 1. The highest BCUT2D eigenvalue weighted by Gasteiger charge is 2.24. The summed E-state index contributed by atoms with van der Waals surface area (Å²) in [6.07, 6.45) is 3.22. The van der Waals surface area contributed by atoms with Crippen LogP contribution in [0.1, 0.15) is 74.7 Å². The molecule has 1 aromatic carbocycles. The summed E-state index contributed by atoms with van der Waals surface area (Å²) in [6.45, 7) is 9.01. The normalized spacial score (nSPS) is 12.8. The molecule has 0 spiro atoms. The molecule has 0 bridgehead atoms. The van der Waals surface area contributed by atoms with E-state index in [1.54, 1.807) is 0 Å². The standard InChI is InChI=1S/C21H31N3O2/c1-5-6-10-13-24-18(14-19(23-24)21(2,3)4)20(26)22-17(15-25)16-11-8-7-9-12-16/h7-9,11-12,14,17,25H,5-6,10,13,15H2,1-4H3,(H,22,26)/t17-/m1/s1. The van der Waals surface area contributed by atoms with Crippen molar-refractivity contribution >= 4 is 5.91 Å². The Morgan fingerprint density at radius 3 is 2.50 bits per heavy atom. The highest BCUT2D eigenvalue weighted by atomic mass is 16.3. The van der Waals surface area contributed by atoms with Gasteiger partial charge in [0.05, 0.1) is 18.3 Å². The first-order valence-electron chi connectivity index (χ1n) is 9.41. The number of nitrogens with zero attached hydrogens (tertiary/aromatic N) is 2. The second-order valence-corrected chi connectivity index (χ2v) is 7.71. The zero-order valence-corrected chi connectivity index (χ0v) is 16.3. The number of nitrogens with one attached hydrogen (secondary N) is 1. The maximum Gasteiger partial charge on any atom is 0.270 e. The van der Waals surface area contributed by atoms with Gasteiger partial charge in [0, 0.05) is 12.0 Å². The number of aryl methyl sites for hydroxylation is 1. The molecule has 0 aliphatic heterocycles. The summed E-state index contributed by atoms with van der Waals surface area (Å²) >= 11 is 0. The van der Waals surface area contributed by atoms with Gasteiger partial charge in [-0.2, -0.15) is 5.10 Å². The number of rotatable bonds is 8. The Bertz CT molecular complexity index is 702. The van der Waals surface area contributed by atoms with Crippen LogP contribution in [0.5, 0.6) is 0 Å². The van der Waals surface area contributed by atoms with E-state index >= 15 is 0 Å². The summed E-state index contributed by atoms with van der Waals surface area (Å²) < 4.78 is 1.81. The zero-order chi connectivity index (χ0) is 19.2. The first-order chi connectivity index (χ1) is 12.4. The molecule has 1 amide bonds. The summed E-state index contributed by atoms with van der Waals surface area (Å²) in [5.74, 6) is -0.201. The zero-order valence-electron chi connectivity index (χ0n) is 16.3. The van der Waals surface area contributed by atoms with E-state index in [0.717, 1.165) is 37.1 Å². The molecule has 26 heavy (non-hydrogen) atoms. The minimum Gasteiger partial charge on any atom is -0.394 e. The number of carbonyl (C=O) groups is 1. The maximum atomic E-state index is 12.9. The van der Waals surface area contributed by atoms with Crippen LogP contribution in [0.25, 0.3) is 0 Å². The van der Waals surface area contributed by atoms with Crippen molar-refractivity contribution in [3.8, 4) is 0 Å². The molecule has 5 heteroatoms. The third-order valence-electron chi connectivity index (χ3n) is 4.44. The Labute approximate surface area is 156 Å². The smallest absolute Gasteiger partial charge is 0.270 e. The monoisotopic (exact) mass is 357 g/mol. The number of unbranched alkanes of at least 4 members (excludes halogenated alkanes) is 2. The van der Waals surface area contributed by atoms with Gasteiger partial charge >= 0.3 is 0 Å². The average Bonchev–Trinajstić information content (AvgIpc) is 3.05. The fourth-order valence-electron chi connectivity index (χ4n) is 2.80. The molecule has 0 saturated heterocycles. The van der Waals surface area contributed by atoms with E-state index < -0.39 is 6.04 Å². The molecule has 2 N–H and O–H groups in total. The quantitative estimate of drug-likeness (QED) is 0.706. The third-order valence-corrected chi connectivity index (χ3v) is 4.44. The van der Waals surface area contributed by atoms with E-state index in [1.807, 2.05) is 41.1 Å². The van der Waals surface area contributed by atoms with Gasteiger partial charge in [0.1, 0.15) is 5.69 Å². The SMILES string of the molecule is CCCCCn1nc(C(C)(C)C)cc1C(=O)N[C@H](CO)c1ccccc1. The van der Waals surface area contributed by atoms with Gasteiger partial charge in [-0.1, -0.05) is 70.9 Å².